The van der Waals surface area contributed by atoms with E-state index in [1.807, 2.05) is 12.1 Å². The summed E-state index contributed by atoms with van der Waals surface area (Å²) in [5.74, 6) is 1.71. The molecule has 1 saturated heterocycles. The van der Waals surface area contributed by atoms with Gasteiger partial charge in [0.15, 0.2) is 5.96 Å². The van der Waals surface area contributed by atoms with Gasteiger partial charge in [-0.15, -0.1) is 24.0 Å². The lowest BCUT2D eigenvalue weighted by Crippen LogP contribution is -2.53. The van der Waals surface area contributed by atoms with Gasteiger partial charge in [-0.05, 0) is 30.7 Å². The van der Waals surface area contributed by atoms with Gasteiger partial charge in [0.1, 0.15) is 12.3 Å². The molecule has 27 heavy (non-hydrogen) atoms. The zero-order valence-electron chi connectivity index (χ0n) is 16.8. The molecule has 0 unspecified atom stereocenters. The number of halogens is 1. The Hall–Kier alpha value is -1.71. The van der Waals surface area contributed by atoms with Crippen LogP contribution in [0.1, 0.15) is 13.3 Å². The molecule has 8 heteroatoms. The molecule has 7 nitrogen and oxygen atoms in total. The number of hydrogen-bond acceptors (Lipinski definition) is 4. The number of carbonyl (C=O) groups excluding carboxylic acids is 1. The lowest BCUT2D eigenvalue weighted by Gasteiger charge is -2.37. The van der Waals surface area contributed by atoms with Gasteiger partial charge in [0.05, 0.1) is 7.11 Å². The van der Waals surface area contributed by atoms with Gasteiger partial charge in [0.25, 0.3) is 0 Å². The van der Waals surface area contributed by atoms with Gasteiger partial charge in [-0.25, -0.2) is 4.99 Å². The second-order valence-electron chi connectivity index (χ2n) is 6.53. The second kappa shape index (κ2) is 11.9. The predicted molar refractivity (Wildman–Crippen MR) is 121 cm³/mol. The highest BCUT2D eigenvalue weighted by molar-refractivity contribution is 14.0. The van der Waals surface area contributed by atoms with Crippen LogP contribution in [0.2, 0.25) is 0 Å². The van der Waals surface area contributed by atoms with Gasteiger partial charge in [-0.2, -0.15) is 0 Å². The van der Waals surface area contributed by atoms with Crippen LogP contribution in [0.5, 0.6) is 5.75 Å². The zero-order chi connectivity index (χ0) is 18.9. The molecule has 152 valence electrons. The molecule has 1 aliphatic rings. The molecular weight excluding hydrogens is 457 g/mol. The Labute approximate surface area is 179 Å². The van der Waals surface area contributed by atoms with E-state index < -0.39 is 0 Å². The number of likely N-dealkylation sites (N-methyl/N-ethyl adjacent to an activating group) is 1. The molecule has 1 aliphatic heterocycles. The number of nitrogens with zero attached hydrogens (tertiary/aromatic N) is 4. The average molecular weight is 489 g/mol. The van der Waals surface area contributed by atoms with Crippen molar-refractivity contribution in [2.45, 2.75) is 13.3 Å². The van der Waals surface area contributed by atoms with E-state index in [2.05, 4.69) is 39.2 Å². The third-order valence-electron chi connectivity index (χ3n) is 4.41. The maximum atomic E-state index is 11.8. The molecule has 1 N–H and O–H groups in total. The van der Waals surface area contributed by atoms with Gasteiger partial charge in [-0.1, -0.05) is 6.92 Å². The maximum absolute atomic E-state index is 11.8. The third kappa shape index (κ3) is 7.08. The quantitative estimate of drug-likeness (QED) is 0.376. The van der Waals surface area contributed by atoms with Crippen molar-refractivity contribution >= 4 is 41.5 Å². The third-order valence-corrected chi connectivity index (χ3v) is 4.41. The van der Waals surface area contributed by atoms with Crippen LogP contribution >= 0.6 is 24.0 Å². The average Bonchev–Trinajstić information content (AvgIpc) is 2.68. The first-order chi connectivity index (χ1) is 12.5. The SMILES string of the molecule is CCCNC(=NCC(=O)N(C)C)N1CCN(c2ccc(OC)cc2)CC1.I. The number of aliphatic imine (C=N–C) groups is 1. The molecule has 1 aromatic carbocycles. The number of ether oxygens (including phenoxy) is 1. The summed E-state index contributed by atoms with van der Waals surface area (Å²) in [4.78, 5) is 22.5. The van der Waals surface area contributed by atoms with Crippen LogP contribution in [-0.4, -0.2) is 82.1 Å². The minimum absolute atomic E-state index is 0. The number of rotatable bonds is 6. The van der Waals surface area contributed by atoms with Crippen molar-refractivity contribution in [2.75, 3.05) is 65.4 Å². The number of methoxy groups -OCH3 is 1. The normalized spacial score (nSPS) is 14.4. The molecule has 0 radical (unpaired) electrons. The van der Waals surface area contributed by atoms with Crippen LogP contribution < -0.4 is 15.0 Å². The van der Waals surface area contributed by atoms with Crippen molar-refractivity contribution in [3.05, 3.63) is 24.3 Å². The van der Waals surface area contributed by atoms with Crippen LogP contribution in [0.15, 0.2) is 29.3 Å². The predicted octanol–water partition coefficient (Wildman–Crippen LogP) is 1.88. The molecule has 1 fully saturated rings. The van der Waals surface area contributed by atoms with E-state index in [0.717, 1.165) is 50.9 Å². The molecule has 1 amide bonds. The standard InChI is InChI=1S/C19H31N5O2.HI/c1-5-10-20-19(21-15-18(25)22(2)3)24-13-11-23(12-14-24)16-6-8-17(26-4)9-7-16;/h6-9H,5,10-15H2,1-4H3,(H,20,21);1H. The van der Waals surface area contributed by atoms with E-state index in [1.54, 1.807) is 26.1 Å². The van der Waals surface area contributed by atoms with E-state index in [0.29, 0.717) is 0 Å². The number of piperazine rings is 1. The van der Waals surface area contributed by atoms with E-state index in [1.165, 1.54) is 5.69 Å². The highest BCUT2D eigenvalue weighted by atomic mass is 127. The van der Waals surface area contributed by atoms with Crippen molar-refractivity contribution in [3.63, 3.8) is 0 Å². The van der Waals surface area contributed by atoms with Crippen LogP contribution in [0.25, 0.3) is 0 Å². The molecule has 1 aromatic rings. The summed E-state index contributed by atoms with van der Waals surface area (Å²) in [5, 5.41) is 3.37. The van der Waals surface area contributed by atoms with Crippen molar-refractivity contribution in [2.24, 2.45) is 4.99 Å². The Morgan fingerprint density at radius 1 is 1.19 bits per heavy atom. The summed E-state index contributed by atoms with van der Waals surface area (Å²) >= 11 is 0. The number of nitrogens with one attached hydrogen (secondary N) is 1. The summed E-state index contributed by atoms with van der Waals surface area (Å²) in [6.07, 6.45) is 1.02. The van der Waals surface area contributed by atoms with E-state index >= 15 is 0 Å². The smallest absolute Gasteiger partial charge is 0.243 e. The number of carbonyl (C=O) groups is 1. The number of hydrogen-bond donors (Lipinski definition) is 1. The van der Waals surface area contributed by atoms with Crippen molar-refractivity contribution in [3.8, 4) is 5.75 Å². The highest BCUT2D eigenvalue weighted by Crippen LogP contribution is 2.20. The molecule has 0 bridgehead atoms. The summed E-state index contributed by atoms with van der Waals surface area (Å²) < 4.78 is 5.22. The molecule has 0 aliphatic carbocycles. The number of guanidine groups is 1. The minimum atomic E-state index is 0. The Morgan fingerprint density at radius 3 is 2.33 bits per heavy atom. The van der Waals surface area contributed by atoms with Gasteiger partial charge < -0.3 is 24.8 Å². The van der Waals surface area contributed by atoms with Crippen molar-refractivity contribution in [1.29, 1.82) is 0 Å². The topological polar surface area (TPSA) is 60.4 Å². The fraction of sp³-hybridized carbons (Fsp3) is 0.579. The first kappa shape index (κ1) is 23.3. The molecule has 0 saturated carbocycles. The summed E-state index contributed by atoms with van der Waals surface area (Å²) in [6, 6.07) is 8.16. The Morgan fingerprint density at radius 2 is 1.81 bits per heavy atom. The second-order valence-corrected chi connectivity index (χ2v) is 6.53. The Kier molecular flexibility index (Phi) is 10.3. The maximum Gasteiger partial charge on any atom is 0.243 e. The van der Waals surface area contributed by atoms with Crippen LogP contribution in [0.3, 0.4) is 0 Å². The van der Waals surface area contributed by atoms with Gasteiger partial charge in [0, 0.05) is 52.5 Å². The van der Waals surface area contributed by atoms with Crippen LogP contribution in [-0.2, 0) is 4.79 Å². The Balaban J connectivity index is 0.00000364. The summed E-state index contributed by atoms with van der Waals surface area (Å²) in [6.45, 7) is 6.74. The highest BCUT2D eigenvalue weighted by Gasteiger charge is 2.20. The molecular formula is C19H32IN5O2. The van der Waals surface area contributed by atoms with Gasteiger partial charge in [0.2, 0.25) is 5.91 Å². The molecule has 0 aromatic heterocycles. The van der Waals surface area contributed by atoms with E-state index in [9.17, 15) is 4.79 Å². The monoisotopic (exact) mass is 489 g/mol. The lowest BCUT2D eigenvalue weighted by atomic mass is 10.2. The molecule has 0 atom stereocenters. The Bertz CT molecular complexity index is 599. The first-order valence-corrected chi connectivity index (χ1v) is 9.17. The number of amides is 1. The lowest BCUT2D eigenvalue weighted by molar-refractivity contribution is -0.127. The van der Waals surface area contributed by atoms with Gasteiger partial charge in [-0.3, -0.25) is 4.79 Å². The van der Waals surface area contributed by atoms with E-state index in [4.69, 9.17) is 4.74 Å². The minimum Gasteiger partial charge on any atom is -0.497 e. The summed E-state index contributed by atoms with van der Waals surface area (Å²) in [7, 11) is 5.19. The van der Waals surface area contributed by atoms with Crippen molar-refractivity contribution < 1.29 is 9.53 Å². The van der Waals surface area contributed by atoms with Crippen LogP contribution in [0, 0.1) is 0 Å². The summed E-state index contributed by atoms with van der Waals surface area (Å²) in [5.41, 5.74) is 1.20. The fourth-order valence-corrected chi connectivity index (χ4v) is 2.76. The van der Waals surface area contributed by atoms with E-state index in [-0.39, 0.29) is 36.4 Å². The van der Waals surface area contributed by atoms with Crippen LogP contribution in [0.4, 0.5) is 5.69 Å². The van der Waals surface area contributed by atoms with Gasteiger partial charge >= 0.3 is 0 Å². The number of benzene rings is 1. The largest absolute Gasteiger partial charge is 0.497 e. The first-order valence-electron chi connectivity index (χ1n) is 9.17. The molecule has 2 rings (SSSR count). The number of anilines is 1. The fourth-order valence-electron chi connectivity index (χ4n) is 2.76. The molecule has 0 spiro atoms. The molecule has 1 heterocycles. The zero-order valence-corrected chi connectivity index (χ0v) is 19.1. The van der Waals surface area contributed by atoms with Crippen molar-refractivity contribution in [1.82, 2.24) is 15.1 Å².